The number of nitrogens with zero attached hydrogens (tertiary/aromatic N) is 4. The Kier molecular flexibility index (Phi) is 4.35. The third kappa shape index (κ3) is 3.38. The fraction of sp³-hybridized carbons (Fsp3) is 0.125. The fourth-order valence-corrected chi connectivity index (χ4v) is 2.40. The standard InChI is InChI=1S/C16H13BrN6/c1-10(22-16-13(8-18)19-6-7-20-16)15-21-9-14(23-15)11-2-4-12(17)5-3-11/h2-7,9-10H,1H3,(H,20,22)(H,21,23). The summed E-state index contributed by atoms with van der Waals surface area (Å²) < 4.78 is 1.03. The first-order valence-corrected chi connectivity index (χ1v) is 7.75. The molecule has 0 amide bonds. The van der Waals surface area contributed by atoms with Crippen molar-refractivity contribution in [2.45, 2.75) is 13.0 Å². The lowest BCUT2D eigenvalue weighted by Crippen LogP contribution is -2.11. The smallest absolute Gasteiger partial charge is 0.182 e. The lowest BCUT2D eigenvalue weighted by atomic mass is 10.2. The van der Waals surface area contributed by atoms with E-state index in [2.05, 4.69) is 41.2 Å². The largest absolute Gasteiger partial charge is 0.358 e. The van der Waals surface area contributed by atoms with Crippen molar-refractivity contribution in [1.82, 2.24) is 19.9 Å². The Balaban J connectivity index is 1.80. The minimum atomic E-state index is -0.136. The molecule has 2 aromatic heterocycles. The highest BCUT2D eigenvalue weighted by atomic mass is 79.9. The number of nitriles is 1. The van der Waals surface area contributed by atoms with Crippen LogP contribution in [-0.4, -0.2) is 19.9 Å². The second-order valence-electron chi connectivity index (χ2n) is 4.92. The second kappa shape index (κ2) is 6.58. The van der Waals surface area contributed by atoms with Gasteiger partial charge in [0, 0.05) is 16.9 Å². The summed E-state index contributed by atoms with van der Waals surface area (Å²) in [5.74, 6) is 1.21. The van der Waals surface area contributed by atoms with Crippen LogP contribution in [-0.2, 0) is 0 Å². The monoisotopic (exact) mass is 368 g/mol. The minimum Gasteiger partial charge on any atom is -0.358 e. The van der Waals surface area contributed by atoms with Gasteiger partial charge in [-0.15, -0.1) is 0 Å². The molecular weight excluding hydrogens is 356 g/mol. The quantitative estimate of drug-likeness (QED) is 0.732. The van der Waals surface area contributed by atoms with Crippen LogP contribution >= 0.6 is 15.9 Å². The van der Waals surface area contributed by atoms with Crippen LogP contribution in [0.25, 0.3) is 11.3 Å². The van der Waals surface area contributed by atoms with E-state index in [1.165, 1.54) is 6.20 Å². The Morgan fingerprint density at radius 2 is 1.91 bits per heavy atom. The number of hydrogen-bond acceptors (Lipinski definition) is 5. The number of halogens is 1. The molecule has 0 spiro atoms. The Hall–Kier alpha value is -2.72. The zero-order chi connectivity index (χ0) is 16.2. The van der Waals surface area contributed by atoms with Crippen LogP contribution in [0.4, 0.5) is 5.82 Å². The van der Waals surface area contributed by atoms with Crippen LogP contribution in [0.15, 0.2) is 47.3 Å². The molecule has 0 aliphatic rings. The normalized spacial score (nSPS) is 11.7. The maximum atomic E-state index is 9.06. The molecule has 2 N–H and O–H groups in total. The van der Waals surface area contributed by atoms with Gasteiger partial charge in [-0.3, -0.25) is 0 Å². The van der Waals surface area contributed by atoms with Crippen molar-refractivity contribution in [3.8, 4) is 17.3 Å². The maximum Gasteiger partial charge on any atom is 0.182 e. The summed E-state index contributed by atoms with van der Waals surface area (Å²) in [6.45, 7) is 1.94. The number of anilines is 1. The fourth-order valence-electron chi connectivity index (χ4n) is 2.13. The van der Waals surface area contributed by atoms with E-state index in [0.717, 1.165) is 21.6 Å². The highest BCUT2D eigenvalue weighted by Gasteiger charge is 2.13. The molecule has 2 heterocycles. The Morgan fingerprint density at radius 1 is 1.17 bits per heavy atom. The van der Waals surface area contributed by atoms with Crippen molar-refractivity contribution in [1.29, 1.82) is 5.26 Å². The highest BCUT2D eigenvalue weighted by Crippen LogP contribution is 2.23. The highest BCUT2D eigenvalue weighted by molar-refractivity contribution is 9.10. The molecule has 23 heavy (non-hydrogen) atoms. The van der Waals surface area contributed by atoms with Crippen LogP contribution in [0.1, 0.15) is 24.5 Å². The van der Waals surface area contributed by atoms with Crippen LogP contribution in [0.2, 0.25) is 0 Å². The van der Waals surface area contributed by atoms with Gasteiger partial charge in [-0.2, -0.15) is 5.26 Å². The Morgan fingerprint density at radius 3 is 2.65 bits per heavy atom. The number of nitrogens with one attached hydrogen (secondary N) is 2. The Labute approximate surface area is 141 Å². The van der Waals surface area contributed by atoms with Crippen molar-refractivity contribution in [2.24, 2.45) is 0 Å². The predicted molar refractivity (Wildman–Crippen MR) is 90.5 cm³/mol. The molecule has 114 valence electrons. The lowest BCUT2D eigenvalue weighted by Gasteiger charge is -2.12. The van der Waals surface area contributed by atoms with Gasteiger partial charge in [0.15, 0.2) is 11.5 Å². The summed E-state index contributed by atoms with van der Waals surface area (Å²) in [6, 6.07) is 9.87. The number of H-pyrrole nitrogens is 1. The molecule has 6 nitrogen and oxygen atoms in total. The second-order valence-corrected chi connectivity index (χ2v) is 5.84. The molecule has 1 unspecified atom stereocenters. The number of aromatic amines is 1. The van der Waals surface area contributed by atoms with E-state index in [9.17, 15) is 0 Å². The Bertz CT molecular complexity index is 850. The third-order valence-corrected chi connectivity index (χ3v) is 3.85. The molecule has 1 atom stereocenters. The van der Waals surface area contributed by atoms with Crippen LogP contribution in [0.5, 0.6) is 0 Å². The maximum absolute atomic E-state index is 9.06. The molecule has 0 saturated carbocycles. The summed E-state index contributed by atoms with van der Waals surface area (Å²) in [6.07, 6.45) is 4.83. The average molecular weight is 369 g/mol. The van der Waals surface area contributed by atoms with Gasteiger partial charge in [0.25, 0.3) is 0 Å². The van der Waals surface area contributed by atoms with Crippen molar-refractivity contribution < 1.29 is 0 Å². The van der Waals surface area contributed by atoms with E-state index < -0.39 is 0 Å². The number of imidazole rings is 1. The van der Waals surface area contributed by atoms with E-state index in [1.54, 1.807) is 12.4 Å². The SMILES string of the molecule is CC(Nc1nccnc1C#N)c1ncc(-c2ccc(Br)cc2)[nH]1. The van der Waals surface area contributed by atoms with Crippen LogP contribution in [0.3, 0.4) is 0 Å². The third-order valence-electron chi connectivity index (χ3n) is 3.32. The molecule has 7 heteroatoms. The van der Waals surface area contributed by atoms with Gasteiger partial charge in [0.05, 0.1) is 17.9 Å². The van der Waals surface area contributed by atoms with E-state index in [4.69, 9.17) is 5.26 Å². The average Bonchev–Trinajstić information content (AvgIpc) is 3.06. The first-order valence-electron chi connectivity index (χ1n) is 6.96. The number of aromatic nitrogens is 4. The van der Waals surface area contributed by atoms with Crippen molar-refractivity contribution in [2.75, 3.05) is 5.32 Å². The van der Waals surface area contributed by atoms with Crippen LogP contribution < -0.4 is 5.32 Å². The van der Waals surface area contributed by atoms with Gasteiger partial charge in [-0.05, 0) is 24.6 Å². The van der Waals surface area contributed by atoms with E-state index >= 15 is 0 Å². The minimum absolute atomic E-state index is 0.136. The van der Waals surface area contributed by atoms with Gasteiger partial charge in [-0.25, -0.2) is 15.0 Å². The molecule has 0 aliphatic carbocycles. The van der Waals surface area contributed by atoms with Gasteiger partial charge >= 0.3 is 0 Å². The molecule has 1 aromatic carbocycles. The summed E-state index contributed by atoms with van der Waals surface area (Å²) in [5, 5.41) is 12.2. The topological polar surface area (TPSA) is 90.3 Å². The zero-order valence-corrected chi connectivity index (χ0v) is 13.9. The van der Waals surface area contributed by atoms with Crippen molar-refractivity contribution in [3.05, 3.63) is 58.8 Å². The molecule has 0 aliphatic heterocycles. The van der Waals surface area contributed by atoms with Gasteiger partial charge < -0.3 is 10.3 Å². The molecule has 0 bridgehead atoms. The molecule has 0 radical (unpaired) electrons. The molecule has 0 saturated heterocycles. The number of hydrogen-bond donors (Lipinski definition) is 2. The molecule has 3 aromatic rings. The van der Waals surface area contributed by atoms with Gasteiger partial charge in [0.2, 0.25) is 0 Å². The first-order chi connectivity index (χ1) is 11.2. The number of rotatable bonds is 4. The molecule has 3 rings (SSSR count). The molecule has 0 fully saturated rings. The lowest BCUT2D eigenvalue weighted by molar-refractivity contribution is 0.801. The van der Waals surface area contributed by atoms with E-state index in [1.807, 2.05) is 37.3 Å². The first kappa shape index (κ1) is 15.2. The van der Waals surface area contributed by atoms with Gasteiger partial charge in [0.1, 0.15) is 11.9 Å². The molecular formula is C16H13BrN6. The zero-order valence-electron chi connectivity index (χ0n) is 12.3. The predicted octanol–water partition coefficient (Wildman–Crippen LogP) is 3.67. The van der Waals surface area contributed by atoms with Crippen LogP contribution in [0, 0.1) is 11.3 Å². The summed E-state index contributed by atoms with van der Waals surface area (Å²) in [4.78, 5) is 15.8. The van der Waals surface area contributed by atoms with E-state index in [0.29, 0.717) is 5.82 Å². The number of benzene rings is 1. The summed E-state index contributed by atoms with van der Waals surface area (Å²) in [7, 11) is 0. The van der Waals surface area contributed by atoms with E-state index in [-0.39, 0.29) is 11.7 Å². The van der Waals surface area contributed by atoms with Crippen molar-refractivity contribution in [3.63, 3.8) is 0 Å². The summed E-state index contributed by atoms with van der Waals surface area (Å²) in [5.41, 5.74) is 2.25. The van der Waals surface area contributed by atoms with Gasteiger partial charge in [-0.1, -0.05) is 28.1 Å². The van der Waals surface area contributed by atoms with Crippen molar-refractivity contribution >= 4 is 21.7 Å². The summed E-state index contributed by atoms with van der Waals surface area (Å²) >= 11 is 3.42.